The molecule has 3 fully saturated rings. The number of hydrogen-bond donors (Lipinski definition) is 3. The minimum Gasteiger partial charge on any atom is -0.371 e. The third kappa shape index (κ3) is 4.77. The highest BCUT2D eigenvalue weighted by Gasteiger charge is 2.60. The van der Waals surface area contributed by atoms with Crippen LogP contribution in [0.1, 0.15) is 32.8 Å². The molecule has 3 aliphatic rings. The van der Waals surface area contributed by atoms with Gasteiger partial charge in [0.25, 0.3) is 0 Å². The highest BCUT2D eigenvalue weighted by molar-refractivity contribution is 5.90. The number of carbonyl (C=O) groups excluding carboxylic acids is 3. The Labute approximate surface area is 195 Å². The Balaban J connectivity index is 1.36. The molecule has 0 radical (unpaired) electrons. The summed E-state index contributed by atoms with van der Waals surface area (Å²) in [4.78, 5) is 40.5. The first-order chi connectivity index (χ1) is 15.7. The van der Waals surface area contributed by atoms with E-state index in [4.69, 9.17) is 4.74 Å². The van der Waals surface area contributed by atoms with E-state index < -0.39 is 12.1 Å². The molecule has 1 aromatic carbocycles. The van der Waals surface area contributed by atoms with Crippen LogP contribution in [0.25, 0.3) is 0 Å². The van der Waals surface area contributed by atoms with E-state index in [1.807, 2.05) is 35.2 Å². The van der Waals surface area contributed by atoms with Gasteiger partial charge in [0.15, 0.2) is 0 Å². The van der Waals surface area contributed by atoms with Crippen LogP contribution in [0.5, 0.6) is 0 Å². The maximum atomic E-state index is 13.3. The van der Waals surface area contributed by atoms with Crippen molar-refractivity contribution < 1.29 is 19.1 Å². The number of ether oxygens (including phenoxy) is 1. The van der Waals surface area contributed by atoms with Crippen LogP contribution in [0.4, 0.5) is 0 Å². The van der Waals surface area contributed by atoms with Gasteiger partial charge in [-0.3, -0.25) is 14.4 Å². The second kappa shape index (κ2) is 9.06. The van der Waals surface area contributed by atoms with Gasteiger partial charge in [-0.05, 0) is 24.3 Å². The van der Waals surface area contributed by atoms with Crippen LogP contribution in [0.2, 0.25) is 0 Å². The number of nitrogens with zero attached hydrogens (tertiary/aromatic N) is 1. The normalized spacial score (nSPS) is 26.2. The molecule has 3 N–H and O–H groups in total. The second-order valence-electron chi connectivity index (χ2n) is 10.6. The molecular weight excluding hydrogens is 420 g/mol. The molecule has 2 heterocycles. The van der Waals surface area contributed by atoms with Gasteiger partial charge in [0.1, 0.15) is 6.04 Å². The molecule has 8 nitrogen and oxygen atoms in total. The van der Waals surface area contributed by atoms with E-state index in [-0.39, 0.29) is 40.4 Å². The molecule has 0 aromatic heterocycles. The molecule has 8 heteroatoms. The van der Waals surface area contributed by atoms with Crippen molar-refractivity contribution in [2.45, 2.75) is 45.9 Å². The smallest absolute Gasteiger partial charge is 0.245 e. The molecule has 3 amide bonds. The topological polar surface area (TPSA) is 99.8 Å². The molecule has 1 aromatic rings. The van der Waals surface area contributed by atoms with Crippen molar-refractivity contribution in [3.8, 4) is 0 Å². The maximum Gasteiger partial charge on any atom is 0.245 e. The molecule has 1 aliphatic carbocycles. The van der Waals surface area contributed by atoms with E-state index in [9.17, 15) is 14.4 Å². The van der Waals surface area contributed by atoms with E-state index in [2.05, 4.69) is 29.8 Å². The Hall–Kier alpha value is -2.45. The molecule has 0 bridgehead atoms. The Morgan fingerprint density at radius 1 is 1.18 bits per heavy atom. The van der Waals surface area contributed by atoms with Crippen molar-refractivity contribution in [2.24, 2.45) is 22.7 Å². The first-order valence-electron chi connectivity index (χ1n) is 11.8. The Bertz CT molecular complexity index is 897. The standard InChI is InChI=1S/C25H36N4O4/c1-16(33-12-17-8-6-5-7-9-17)20(22(31)26-4)28-21(30)19-11-27-13-25(19)14-29(15-25)23(32)18-10-24(18,2)3/h5-9,16,18-20,27H,10-15H2,1-4H3,(H,26,31)(H,28,30)/t16-,18-,19?,20+/m1/s1. The van der Waals surface area contributed by atoms with Gasteiger partial charge in [0, 0.05) is 44.6 Å². The number of rotatable bonds is 8. The number of benzene rings is 1. The highest BCUT2D eigenvalue weighted by Crippen LogP contribution is 2.54. The van der Waals surface area contributed by atoms with Crippen molar-refractivity contribution in [1.82, 2.24) is 20.9 Å². The molecule has 1 unspecified atom stereocenters. The summed E-state index contributed by atoms with van der Waals surface area (Å²) in [6.07, 6.45) is 0.433. The summed E-state index contributed by atoms with van der Waals surface area (Å²) in [6, 6.07) is 8.93. The second-order valence-corrected chi connectivity index (χ2v) is 10.6. The summed E-state index contributed by atoms with van der Waals surface area (Å²) >= 11 is 0. The van der Waals surface area contributed by atoms with Crippen molar-refractivity contribution in [1.29, 1.82) is 0 Å². The van der Waals surface area contributed by atoms with Crippen LogP contribution in [0.3, 0.4) is 0 Å². The van der Waals surface area contributed by atoms with E-state index >= 15 is 0 Å². The van der Waals surface area contributed by atoms with Crippen molar-refractivity contribution in [3.05, 3.63) is 35.9 Å². The summed E-state index contributed by atoms with van der Waals surface area (Å²) in [5.41, 5.74) is 0.838. The fraction of sp³-hybridized carbons (Fsp3) is 0.640. The Morgan fingerprint density at radius 2 is 1.85 bits per heavy atom. The van der Waals surface area contributed by atoms with Gasteiger partial charge in [0.05, 0.1) is 18.6 Å². The van der Waals surface area contributed by atoms with Crippen LogP contribution in [0, 0.1) is 22.7 Å². The SMILES string of the molecule is CNC(=O)[C@@H](NC(=O)C1CNCC12CN(C(=O)[C@H]1CC1(C)C)C2)[C@@H](C)OCc1ccccc1. The first-order valence-corrected chi connectivity index (χ1v) is 11.8. The summed E-state index contributed by atoms with van der Waals surface area (Å²) in [7, 11) is 1.55. The zero-order chi connectivity index (χ0) is 23.8. The van der Waals surface area contributed by atoms with Gasteiger partial charge in [0.2, 0.25) is 17.7 Å². The fourth-order valence-corrected chi connectivity index (χ4v) is 5.19. The first kappa shape index (κ1) is 23.7. The lowest BCUT2D eigenvalue weighted by Crippen LogP contribution is -2.65. The molecule has 4 rings (SSSR count). The molecule has 180 valence electrons. The van der Waals surface area contributed by atoms with Crippen LogP contribution in [-0.4, -0.2) is 68.0 Å². The number of likely N-dealkylation sites (tertiary alicyclic amines) is 1. The Morgan fingerprint density at radius 3 is 2.45 bits per heavy atom. The van der Waals surface area contributed by atoms with E-state index in [1.54, 1.807) is 14.0 Å². The van der Waals surface area contributed by atoms with E-state index in [1.165, 1.54) is 0 Å². The predicted molar refractivity (Wildman–Crippen MR) is 124 cm³/mol. The van der Waals surface area contributed by atoms with Gasteiger partial charge in [-0.1, -0.05) is 44.2 Å². The summed E-state index contributed by atoms with van der Waals surface area (Å²) in [6.45, 7) is 8.83. The number of amides is 3. The van der Waals surface area contributed by atoms with Gasteiger partial charge < -0.3 is 25.6 Å². The average molecular weight is 457 g/mol. The average Bonchev–Trinajstić information content (AvgIpc) is 3.20. The molecule has 33 heavy (non-hydrogen) atoms. The highest BCUT2D eigenvalue weighted by atomic mass is 16.5. The number of carbonyl (C=O) groups is 3. The molecule has 2 saturated heterocycles. The lowest BCUT2D eigenvalue weighted by Gasteiger charge is -2.50. The predicted octanol–water partition coefficient (Wildman–Crippen LogP) is 0.917. The van der Waals surface area contributed by atoms with Gasteiger partial charge in [-0.25, -0.2) is 0 Å². The minimum absolute atomic E-state index is 0.0984. The molecule has 1 spiro atoms. The molecule has 1 saturated carbocycles. The van der Waals surface area contributed by atoms with Crippen LogP contribution < -0.4 is 16.0 Å². The minimum atomic E-state index is -0.797. The van der Waals surface area contributed by atoms with Gasteiger partial charge >= 0.3 is 0 Å². The summed E-state index contributed by atoms with van der Waals surface area (Å²) in [5, 5.41) is 8.91. The third-order valence-electron chi connectivity index (χ3n) is 7.67. The zero-order valence-electron chi connectivity index (χ0n) is 20.0. The summed E-state index contributed by atoms with van der Waals surface area (Å²) < 4.78 is 5.93. The third-order valence-corrected chi connectivity index (χ3v) is 7.67. The van der Waals surface area contributed by atoms with Crippen molar-refractivity contribution >= 4 is 17.7 Å². The van der Waals surface area contributed by atoms with Crippen LogP contribution in [-0.2, 0) is 25.7 Å². The van der Waals surface area contributed by atoms with Crippen molar-refractivity contribution in [2.75, 3.05) is 33.2 Å². The van der Waals surface area contributed by atoms with Crippen molar-refractivity contribution in [3.63, 3.8) is 0 Å². The fourth-order valence-electron chi connectivity index (χ4n) is 5.19. The summed E-state index contributed by atoms with van der Waals surface area (Å²) in [5.74, 6) is -0.422. The quantitative estimate of drug-likeness (QED) is 0.540. The molecule has 4 atom stereocenters. The van der Waals surface area contributed by atoms with Gasteiger partial charge in [-0.2, -0.15) is 0 Å². The van der Waals surface area contributed by atoms with Gasteiger partial charge in [-0.15, -0.1) is 0 Å². The lowest BCUT2D eigenvalue weighted by molar-refractivity contribution is -0.152. The van der Waals surface area contributed by atoms with E-state index in [0.717, 1.165) is 12.0 Å². The Kier molecular flexibility index (Phi) is 6.51. The molecule has 2 aliphatic heterocycles. The maximum absolute atomic E-state index is 13.3. The largest absolute Gasteiger partial charge is 0.371 e. The molecular formula is C25H36N4O4. The number of nitrogens with one attached hydrogen (secondary N) is 3. The van der Waals surface area contributed by atoms with E-state index in [0.29, 0.717) is 32.8 Å². The van der Waals surface area contributed by atoms with Crippen LogP contribution in [0.15, 0.2) is 30.3 Å². The zero-order valence-corrected chi connectivity index (χ0v) is 20.0. The number of likely N-dealkylation sites (N-methyl/N-ethyl adjacent to an activating group) is 1. The monoisotopic (exact) mass is 456 g/mol. The lowest BCUT2D eigenvalue weighted by atomic mass is 9.70. The number of hydrogen-bond acceptors (Lipinski definition) is 5. The van der Waals surface area contributed by atoms with Crippen LogP contribution >= 0.6 is 0 Å².